The van der Waals surface area contributed by atoms with Gasteiger partial charge >= 0.3 is 0 Å². The number of furan rings is 1. The lowest BCUT2D eigenvalue weighted by Crippen LogP contribution is -2.44. The Morgan fingerprint density at radius 3 is 3.00 bits per heavy atom. The number of pyridine rings is 1. The van der Waals surface area contributed by atoms with E-state index in [2.05, 4.69) is 11.1 Å². The van der Waals surface area contributed by atoms with Crippen molar-refractivity contribution in [2.24, 2.45) is 5.92 Å². The number of carbonyl (C=O) groups is 1. The van der Waals surface area contributed by atoms with Gasteiger partial charge in [-0.15, -0.1) is 0 Å². The highest BCUT2D eigenvalue weighted by Gasteiger charge is 2.47. The second-order valence-electron chi connectivity index (χ2n) is 6.31. The standard InChI is InChI=1S/C18H20N2O3/c1-12-4-5-17(23-12)16-11-22-8-7-20(16)18(21)15-9-14(15)13-3-2-6-19-10-13/h2-6,10,14-16H,7-9,11H2,1H3. The topological polar surface area (TPSA) is 55.6 Å². The van der Waals surface area contributed by atoms with Gasteiger partial charge in [-0.25, -0.2) is 0 Å². The number of hydrogen-bond acceptors (Lipinski definition) is 4. The summed E-state index contributed by atoms with van der Waals surface area (Å²) < 4.78 is 11.3. The van der Waals surface area contributed by atoms with E-state index in [1.165, 1.54) is 0 Å². The van der Waals surface area contributed by atoms with E-state index in [4.69, 9.17) is 9.15 Å². The number of ether oxygens (including phenoxy) is 1. The molecule has 2 aromatic heterocycles. The van der Waals surface area contributed by atoms with E-state index in [1.54, 1.807) is 6.20 Å². The Kier molecular flexibility index (Phi) is 3.65. The third kappa shape index (κ3) is 2.77. The summed E-state index contributed by atoms with van der Waals surface area (Å²) in [4.78, 5) is 19.0. The summed E-state index contributed by atoms with van der Waals surface area (Å²) in [6, 6.07) is 7.75. The summed E-state index contributed by atoms with van der Waals surface area (Å²) in [6.45, 7) is 3.63. The van der Waals surface area contributed by atoms with Crippen molar-refractivity contribution in [1.82, 2.24) is 9.88 Å². The predicted octanol–water partition coefficient (Wildman–Crippen LogP) is 2.69. The van der Waals surface area contributed by atoms with Crippen molar-refractivity contribution in [3.63, 3.8) is 0 Å². The molecule has 120 valence electrons. The van der Waals surface area contributed by atoms with Crippen molar-refractivity contribution in [3.8, 4) is 0 Å². The lowest BCUT2D eigenvalue weighted by molar-refractivity contribution is -0.142. The number of aryl methyl sites for hydroxylation is 1. The van der Waals surface area contributed by atoms with Gasteiger partial charge in [-0.2, -0.15) is 0 Å². The number of nitrogens with zero attached hydrogens (tertiary/aromatic N) is 2. The van der Waals surface area contributed by atoms with Crippen molar-refractivity contribution in [2.75, 3.05) is 19.8 Å². The minimum absolute atomic E-state index is 0.0656. The van der Waals surface area contributed by atoms with E-state index in [-0.39, 0.29) is 17.9 Å². The van der Waals surface area contributed by atoms with E-state index in [0.29, 0.717) is 25.7 Å². The van der Waals surface area contributed by atoms with Crippen LogP contribution in [0.5, 0.6) is 0 Å². The van der Waals surface area contributed by atoms with Crippen molar-refractivity contribution >= 4 is 5.91 Å². The molecule has 2 fully saturated rings. The first-order chi connectivity index (χ1) is 11.2. The molecule has 3 unspecified atom stereocenters. The average molecular weight is 312 g/mol. The molecule has 3 atom stereocenters. The minimum atomic E-state index is -0.111. The van der Waals surface area contributed by atoms with Crippen LogP contribution in [0.1, 0.15) is 35.5 Å². The Morgan fingerprint density at radius 1 is 1.35 bits per heavy atom. The Morgan fingerprint density at radius 2 is 2.26 bits per heavy atom. The van der Waals surface area contributed by atoms with Crippen molar-refractivity contribution < 1.29 is 13.9 Å². The van der Waals surface area contributed by atoms with Crippen LogP contribution in [0.15, 0.2) is 41.1 Å². The van der Waals surface area contributed by atoms with Crippen LogP contribution >= 0.6 is 0 Å². The van der Waals surface area contributed by atoms with Crippen LogP contribution in [0, 0.1) is 12.8 Å². The predicted molar refractivity (Wildman–Crippen MR) is 83.8 cm³/mol. The molecule has 5 heteroatoms. The van der Waals surface area contributed by atoms with Gasteiger partial charge in [-0.1, -0.05) is 6.07 Å². The van der Waals surface area contributed by atoms with Crippen LogP contribution in [0.2, 0.25) is 0 Å². The Hall–Kier alpha value is -2.14. The van der Waals surface area contributed by atoms with Gasteiger partial charge in [0, 0.05) is 24.9 Å². The highest BCUT2D eigenvalue weighted by molar-refractivity contribution is 5.83. The van der Waals surface area contributed by atoms with Crippen LogP contribution in [0.4, 0.5) is 0 Å². The van der Waals surface area contributed by atoms with Crippen molar-refractivity contribution in [3.05, 3.63) is 53.7 Å². The highest BCUT2D eigenvalue weighted by atomic mass is 16.5. The smallest absolute Gasteiger partial charge is 0.227 e. The van der Waals surface area contributed by atoms with Crippen molar-refractivity contribution in [2.45, 2.75) is 25.3 Å². The maximum Gasteiger partial charge on any atom is 0.227 e. The molecule has 23 heavy (non-hydrogen) atoms. The van der Waals surface area contributed by atoms with Crippen LogP contribution in [-0.2, 0) is 9.53 Å². The number of morpholine rings is 1. The molecule has 1 aliphatic carbocycles. The Balaban J connectivity index is 1.51. The van der Waals surface area contributed by atoms with Crippen LogP contribution in [-0.4, -0.2) is 35.5 Å². The maximum absolute atomic E-state index is 12.9. The van der Waals surface area contributed by atoms with Gasteiger partial charge in [0.25, 0.3) is 0 Å². The molecule has 5 nitrogen and oxygen atoms in total. The first kappa shape index (κ1) is 14.5. The molecule has 1 amide bonds. The molecule has 2 aliphatic rings. The fourth-order valence-electron chi connectivity index (χ4n) is 3.38. The number of aromatic nitrogens is 1. The van der Waals surface area contributed by atoms with Gasteiger partial charge in [0.2, 0.25) is 5.91 Å². The monoisotopic (exact) mass is 312 g/mol. The number of rotatable bonds is 3. The molecule has 1 saturated carbocycles. The van der Waals surface area contributed by atoms with Crippen LogP contribution in [0.25, 0.3) is 0 Å². The Labute approximate surface area is 135 Å². The SMILES string of the molecule is Cc1ccc(C2COCCN2C(=O)C2CC2c2cccnc2)o1. The van der Waals surface area contributed by atoms with Crippen LogP contribution < -0.4 is 0 Å². The Bertz CT molecular complexity index is 697. The van der Waals surface area contributed by atoms with Crippen LogP contribution in [0.3, 0.4) is 0 Å². The van der Waals surface area contributed by atoms with E-state index >= 15 is 0 Å². The molecule has 1 aliphatic heterocycles. The molecular formula is C18H20N2O3. The van der Waals surface area contributed by atoms with Gasteiger partial charge in [-0.05, 0) is 43.0 Å². The van der Waals surface area contributed by atoms with Gasteiger partial charge in [0.05, 0.1) is 13.2 Å². The summed E-state index contributed by atoms with van der Waals surface area (Å²) in [5.41, 5.74) is 1.16. The molecule has 4 rings (SSSR count). The summed E-state index contributed by atoms with van der Waals surface area (Å²) >= 11 is 0. The van der Waals surface area contributed by atoms with E-state index < -0.39 is 0 Å². The second kappa shape index (κ2) is 5.81. The first-order valence-corrected chi connectivity index (χ1v) is 8.08. The van der Waals surface area contributed by atoms with Crippen molar-refractivity contribution in [1.29, 1.82) is 0 Å². The molecular weight excluding hydrogens is 292 g/mol. The normalized spacial score (nSPS) is 27.0. The molecule has 2 aromatic rings. The zero-order valence-corrected chi connectivity index (χ0v) is 13.1. The third-order valence-electron chi connectivity index (χ3n) is 4.72. The summed E-state index contributed by atoms with van der Waals surface area (Å²) in [7, 11) is 0. The maximum atomic E-state index is 12.9. The average Bonchev–Trinajstić information content (AvgIpc) is 3.29. The fraction of sp³-hybridized carbons (Fsp3) is 0.444. The van der Waals surface area contributed by atoms with Gasteiger partial charge in [-0.3, -0.25) is 9.78 Å². The number of carbonyl (C=O) groups excluding carboxylic acids is 1. The van der Waals surface area contributed by atoms with E-state index in [9.17, 15) is 4.79 Å². The number of hydrogen-bond donors (Lipinski definition) is 0. The zero-order chi connectivity index (χ0) is 15.8. The summed E-state index contributed by atoms with van der Waals surface area (Å²) in [6.07, 6.45) is 4.54. The number of amides is 1. The lowest BCUT2D eigenvalue weighted by atomic mass is 10.1. The molecule has 3 heterocycles. The molecule has 0 aromatic carbocycles. The fourth-order valence-corrected chi connectivity index (χ4v) is 3.38. The van der Waals surface area contributed by atoms with Gasteiger partial charge < -0.3 is 14.1 Å². The van der Waals surface area contributed by atoms with Gasteiger partial charge in [0.1, 0.15) is 17.6 Å². The largest absolute Gasteiger partial charge is 0.464 e. The zero-order valence-electron chi connectivity index (χ0n) is 13.1. The quantitative estimate of drug-likeness (QED) is 0.874. The molecule has 0 bridgehead atoms. The second-order valence-corrected chi connectivity index (χ2v) is 6.31. The van der Waals surface area contributed by atoms with Gasteiger partial charge in [0.15, 0.2) is 0 Å². The van der Waals surface area contributed by atoms with E-state index in [0.717, 1.165) is 23.5 Å². The third-order valence-corrected chi connectivity index (χ3v) is 4.72. The minimum Gasteiger partial charge on any atom is -0.464 e. The summed E-state index contributed by atoms with van der Waals surface area (Å²) in [5.74, 6) is 2.25. The van der Waals surface area contributed by atoms with E-state index in [1.807, 2.05) is 36.2 Å². The molecule has 0 radical (unpaired) electrons. The molecule has 0 spiro atoms. The molecule has 1 saturated heterocycles. The first-order valence-electron chi connectivity index (χ1n) is 8.08. The summed E-state index contributed by atoms with van der Waals surface area (Å²) in [5, 5.41) is 0. The molecule has 0 N–H and O–H groups in total. The highest BCUT2D eigenvalue weighted by Crippen LogP contribution is 2.49. The lowest BCUT2D eigenvalue weighted by Gasteiger charge is -2.34.